The van der Waals surface area contributed by atoms with Crippen molar-refractivity contribution >= 4 is 0 Å². The maximum absolute atomic E-state index is 3.42. The van der Waals surface area contributed by atoms with Crippen molar-refractivity contribution in [3.63, 3.8) is 0 Å². The van der Waals surface area contributed by atoms with Crippen LogP contribution in [0.4, 0.5) is 0 Å². The minimum absolute atomic E-state index is 0.563. The van der Waals surface area contributed by atoms with E-state index in [-0.39, 0.29) is 0 Å². The number of benzene rings is 1. The largest absolute Gasteiger partial charge is 0.313 e. The summed E-state index contributed by atoms with van der Waals surface area (Å²) in [6.45, 7) is 6.84. The van der Waals surface area contributed by atoms with Gasteiger partial charge in [-0.15, -0.1) is 0 Å². The molecule has 0 saturated carbocycles. The number of aryl methyl sites for hydroxylation is 1. The smallest absolute Gasteiger partial charge is 0.0326 e. The van der Waals surface area contributed by atoms with Crippen LogP contribution in [0.2, 0.25) is 0 Å². The maximum Gasteiger partial charge on any atom is 0.0326 e. The van der Waals surface area contributed by atoms with Gasteiger partial charge in [-0.25, -0.2) is 0 Å². The summed E-state index contributed by atoms with van der Waals surface area (Å²) in [6.07, 6.45) is 1.26. The Balaban J connectivity index is 2.43. The second kappa shape index (κ2) is 3.97. The van der Waals surface area contributed by atoms with Gasteiger partial charge in [0.15, 0.2) is 0 Å². The summed E-state index contributed by atoms with van der Waals surface area (Å²) >= 11 is 0. The quantitative estimate of drug-likeness (QED) is 0.777. The molecule has 0 amide bonds. The van der Waals surface area contributed by atoms with E-state index in [0.29, 0.717) is 6.04 Å². The van der Waals surface area contributed by atoms with E-state index in [1.165, 1.54) is 17.5 Å². The van der Waals surface area contributed by atoms with Crippen molar-refractivity contribution in [2.24, 2.45) is 5.92 Å². The van der Waals surface area contributed by atoms with E-state index in [9.17, 15) is 0 Å². The lowest BCUT2D eigenvalue weighted by atomic mass is 9.89. The summed E-state index contributed by atoms with van der Waals surface area (Å²) in [6, 6.07) is 7.46. The highest BCUT2D eigenvalue weighted by Crippen LogP contribution is 2.44. The first-order valence-corrected chi connectivity index (χ1v) is 5.91. The van der Waals surface area contributed by atoms with Crippen molar-refractivity contribution in [2.45, 2.75) is 39.2 Å². The Labute approximate surface area is 92.9 Å². The molecule has 1 aromatic rings. The van der Waals surface area contributed by atoms with Gasteiger partial charge < -0.3 is 5.32 Å². The molecule has 1 heteroatoms. The predicted octanol–water partition coefficient (Wildman–Crippen LogP) is 3.40. The monoisotopic (exact) mass is 203 g/mol. The van der Waals surface area contributed by atoms with Crippen molar-refractivity contribution in [1.82, 2.24) is 5.32 Å². The minimum Gasteiger partial charge on any atom is -0.313 e. The summed E-state index contributed by atoms with van der Waals surface area (Å²) in [7, 11) is 2.07. The van der Waals surface area contributed by atoms with Crippen LogP contribution in [0.1, 0.15) is 48.9 Å². The van der Waals surface area contributed by atoms with E-state index in [4.69, 9.17) is 0 Å². The normalized spacial score (nSPS) is 24.6. The third-order valence-corrected chi connectivity index (χ3v) is 3.66. The van der Waals surface area contributed by atoms with E-state index in [0.717, 1.165) is 11.8 Å². The van der Waals surface area contributed by atoms with Gasteiger partial charge in [0, 0.05) is 6.04 Å². The van der Waals surface area contributed by atoms with Crippen LogP contribution in [0, 0.1) is 12.8 Å². The van der Waals surface area contributed by atoms with E-state index in [2.05, 4.69) is 51.3 Å². The molecule has 0 saturated heterocycles. The molecule has 1 N–H and O–H groups in total. The van der Waals surface area contributed by atoms with Crippen LogP contribution in [-0.2, 0) is 0 Å². The van der Waals surface area contributed by atoms with E-state index in [1.807, 2.05) is 0 Å². The first-order valence-electron chi connectivity index (χ1n) is 5.91. The fourth-order valence-electron chi connectivity index (χ4n) is 2.75. The molecule has 2 unspecified atom stereocenters. The zero-order valence-electron chi connectivity index (χ0n) is 10.2. The fourth-order valence-corrected chi connectivity index (χ4v) is 2.75. The predicted molar refractivity (Wildman–Crippen MR) is 65.2 cm³/mol. The van der Waals surface area contributed by atoms with Crippen LogP contribution in [0.3, 0.4) is 0 Å². The molecule has 0 spiro atoms. The molecule has 2 atom stereocenters. The lowest BCUT2D eigenvalue weighted by Crippen LogP contribution is -2.13. The maximum atomic E-state index is 3.42. The highest BCUT2D eigenvalue weighted by molar-refractivity contribution is 5.41. The van der Waals surface area contributed by atoms with Crippen LogP contribution < -0.4 is 5.32 Å². The molecule has 0 fully saturated rings. The van der Waals surface area contributed by atoms with Crippen LogP contribution in [0.5, 0.6) is 0 Å². The van der Waals surface area contributed by atoms with Crippen molar-refractivity contribution in [2.75, 3.05) is 7.05 Å². The van der Waals surface area contributed by atoms with Gasteiger partial charge >= 0.3 is 0 Å². The van der Waals surface area contributed by atoms with E-state index >= 15 is 0 Å². The molecular weight excluding hydrogens is 182 g/mol. The topological polar surface area (TPSA) is 12.0 Å². The SMILES string of the molecule is CNC1CC(C(C)C)c2cc(C)ccc21. The zero-order valence-corrected chi connectivity index (χ0v) is 10.2. The van der Waals surface area contributed by atoms with Gasteiger partial charge in [-0.1, -0.05) is 37.6 Å². The molecule has 1 aromatic carbocycles. The Kier molecular flexibility index (Phi) is 2.83. The second-order valence-corrected chi connectivity index (χ2v) is 5.06. The Bertz CT molecular complexity index is 354. The standard InChI is InChI=1S/C14H21N/c1-9(2)12-8-14(15-4)11-6-5-10(3)7-13(11)12/h5-7,9,12,14-15H,8H2,1-4H3. The van der Waals surface area contributed by atoms with Gasteiger partial charge in [-0.2, -0.15) is 0 Å². The molecule has 1 nitrogen and oxygen atoms in total. The molecule has 2 rings (SSSR count). The van der Waals surface area contributed by atoms with E-state index in [1.54, 1.807) is 5.56 Å². The molecular formula is C14H21N. The molecule has 0 aliphatic heterocycles. The third-order valence-electron chi connectivity index (χ3n) is 3.66. The van der Waals surface area contributed by atoms with Gasteiger partial charge in [-0.05, 0) is 43.4 Å². The van der Waals surface area contributed by atoms with Crippen LogP contribution in [0.15, 0.2) is 18.2 Å². The summed E-state index contributed by atoms with van der Waals surface area (Å²) < 4.78 is 0. The number of rotatable bonds is 2. The Morgan fingerprint density at radius 1 is 1.27 bits per heavy atom. The molecule has 1 aliphatic carbocycles. The Morgan fingerprint density at radius 2 is 2.00 bits per heavy atom. The summed E-state index contributed by atoms with van der Waals surface area (Å²) in [5.74, 6) is 1.47. The van der Waals surface area contributed by atoms with Crippen molar-refractivity contribution in [1.29, 1.82) is 0 Å². The lowest BCUT2D eigenvalue weighted by Gasteiger charge is -2.16. The average Bonchev–Trinajstić information content (AvgIpc) is 2.55. The molecule has 0 heterocycles. The van der Waals surface area contributed by atoms with Crippen LogP contribution in [0.25, 0.3) is 0 Å². The number of nitrogens with one attached hydrogen (secondary N) is 1. The van der Waals surface area contributed by atoms with Gasteiger partial charge in [0.05, 0.1) is 0 Å². The molecule has 0 bridgehead atoms. The van der Waals surface area contributed by atoms with Gasteiger partial charge in [0.25, 0.3) is 0 Å². The average molecular weight is 203 g/mol. The number of fused-ring (bicyclic) bond motifs is 1. The molecule has 82 valence electrons. The highest BCUT2D eigenvalue weighted by atomic mass is 14.9. The Morgan fingerprint density at radius 3 is 2.60 bits per heavy atom. The molecule has 15 heavy (non-hydrogen) atoms. The first kappa shape index (κ1) is 10.7. The molecule has 0 radical (unpaired) electrons. The van der Waals surface area contributed by atoms with Gasteiger partial charge in [0.1, 0.15) is 0 Å². The number of hydrogen-bond acceptors (Lipinski definition) is 1. The summed E-state index contributed by atoms with van der Waals surface area (Å²) in [5, 5.41) is 3.42. The number of hydrogen-bond donors (Lipinski definition) is 1. The van der Waals surface area contributed by atoms with Gasteiger partial charge in [-0.3, -0.25) is 0 Å². The van der Waals surface area contributed by atoms with Crippen molar-refractivity contribution < 1.29 is 0 Å². The van der Waals surface area contributed by atoms with E-state index < -0.39 is 0 Å². The van der Waals surface area contributed by atoms with Crippen LogP contribution in [-0.4, -0.2) is 7.05 Å². The second-order valence-electron chi connectivity index (χ2n) is 5.06. The summed E-state index contributed by atoms with van der Waals surface area (Å²) in [4.78, 5) is 0. The van der Waals surface area contributed by atoms with Crippen molar-refractivity contribution in [3.8, 4) is 0 Å². The minimum atomic E-state index is 0.563. The first-order chi connectivity index (χ1) is 7.13. The fraction of sp³-hybridized carbons (Fsp3) is 0.571. The lowest BCUT2D eigenvalue weighted by molar-refractivity contribution is 0.445. The Hall–Kier alpha value is -0.820. The molecule has 1 aliphatic rings. The summed E-state index contributed by atoms with van der Waals surface area (Å²) in [5.41, 5.74) is 4.47. The third kappa shape index (κ3) is 1.81. The molecule has 0 aromatic heterocycles. The highest BCUT2D eigenvalue weighted by Gasteiger charge is 2.31. The van der Waals surface area contributed by atoms with Gasteiger partial charge in [0.2, 0.25) is 0 Å². The van der Waals surface area contributed by atoms with Crippen molar-refractivity contribution in [3.05, 3.63) is 34.9 Å². The van der Waals surface area contributed by atoms with Crippen LogP contribution >= 0.6 is 0 Å². The zero-order chi connectivity index (χ0) is 11.0.